The first-order chi connectivity index (χ1) is 14.5. The topological polar surface area (TPSA) is 92.4 Å². The van der Waals surface area contributed by atoms with Crippen LogP contribution in [0.1, 0.15) is 52.1 Å². The van der Waals surface area contributed by atoms with Crippen LogP contribution in [0.3, 0.4) is 0 Å². The maximum Gasteiger partial charge on any atom is 0.335 e. The van der Waals surface area contributed by atoms with Crippen LogP contribution in [0, 0.1) is 0 Å². The maximum atomic E-state index is 11.8. The third-order valence-corrected chi connectivity index (χ3v) is 5.68. The van der Waals surface area contributed by atoms with Gasteiger partial charge in [0.05, 0.1) is 17.5 Å². The minimum Gasteiger partial charge on any atom is -0.478 e. The van der Waals surface area contributed by atoms with Crippen LogP contribution in [0.2, 0.25) is 0 Å². The van der Waals surface area contributed by atoms with E-state index in [9.17, 15) is 14.7 Å². The Kier molecular flexibility index (Phi) is 9.03. The summed E-state index contributed by atoms with van der Waals surface area (Å²) in [6.07, 6.45) is 6.58. The van der Waals surface area contributed by atoms with Crippen LogP contribution in [-0.4, -0.2) is 31.7 Å². The Hall–Kier alpha value is -2.90. The number of imidazole rings is 1. The number of aromatic nitrogens is 2. The van der Waals surface area contributed by atoms with Gasteiger partial charge in [-0.25, -0.2) is 14.6 Å². The number of carboxylic acid groups (broad SMARTS) is 2. The van der Waals surface area contributed by atoms with Gasteiger partial charge in [0.25, 0.3) is 0 Å². The fraction of sp³-hybridized carbons (Fsp3) is 0.261. The van der Waals surface area contributed by atoms with Crippen LogP contribution >= 0.6 is 23.7 Å². The molecule has 2 N–H and O–H groups in total. The number of thiophene rings is 1. The molecular weight excluding hydrogens is 436 g/mol. The van der Waals surface area contributed by atoms with Crippen molar-refractivity contribution < 1.29 is 19.8 Å². The Morgan fingerprint density at radius 3 is 2.48 bits per heavy atom. The second-order valence-corrected chi connectivity index (χ2v) is 8.05. The predicted octanol–water partition coefficient (Wildman–Crippen LogP) is 5.17. The molecule has 164 valence electrons. The quantitative estimate of drug-likeness (QED) is 0.407. The molecule has 0 bridgehead atoms. The molecule has 0 amide bonds. The summed E-state index contributed by atoms with van der Waals surface area (Å²) in [4.78, 5) is 28.5. The molecule has 0 atom stereocenters. The lowest BCUT2D eigenvalue weighted by atomic mass is 10.1. The van der Waals surface area contributed by atoms with Crippen molar-refractivity contribution in [2.24, 2.45) is 0 Å². The van der Waals surface area contributed by atoms with E-state index in [0.29, 0.717) is 18.5 Å². The van der Waals surface area contributed by atoms with Gasteiger partial charge in [-0.15, -0.1) is 23.7 Å². The third-order valence-electron chi connectivity index (χ3n) is 4.81. The summed E-state index contributed by atoms with van der Waals surface area (Å²) in [6.45, 7) is 2.61. The number of hydrogen-bond acceptors (Lipinski definition) is 4. The van der Waals surface area contributed by atoms with E-state index in [1.165, 1.54) is 11.3 Å². The number of nitrogens with zero attached hydrogens (tertiary/aromatic N) is 2. The van der Waals surface area contributed by atoms with Gasteiger partial charge in [0, 0.05) is 29.8 Å². The molecule has 0 aliphatic heterocycles. The van der Waals surface area contributed by atoms with E-state index >= 15 is 0 Å². The van der Waals surface area contributed by atoms with Gasteiger partial charge < -0.3 is 14.8 Å². The molecular formula is C23H25ClN2O4S. The molecule has 0 saturated carbocycles. The van der Waals surface area contributed by atoms with E-state index in [1.807, 2.05) is 22.1 Å². The van der Waals surface area contributed by atoms with E-state index in [0.717, 1.165) is 41.2 Å². The Morgan fingerprint density at radius 2 is 1.90 bits per heavy atom. The fourth-order valence-electron chi connectivity index (χ4n) is 3.16. The van der Waals surface area contributed by atoms with E-state index in [-0.39, 0.29) is 18.0 Å². The van der Waals surface area contributed by atoms with Gasteiger partial charge in [0.2, 0.25) is 0 Å². The van der Waals surface area contributed by atoms with E-state index in [4.69, 9.17) is 5.11 Å². The summed E-state index contributed by atoms with van der Waals surface area (Å²) in [5, 5.41) is 20.7. The number of halogens is 1. The number of hydrogen-bond donors (Lipinski definition) is 2. The molecule has 8 heteroatoms. The lowest BCUT2D eigenvalue weighted by molar-refractivity contribution is -0.132. The Morgan fingerprint density at radius 1 is 1.16 bits per heavy atom. The molecule has 3 rings (SSSR count). The highest BCUT2D eigenvalue weighted by atomic mass is 35.5. The SMILES string of the molecule is CCCCc1ncc(/C=C(/Cc2cccs2)C(=O)O)n1Cc1ccc(C(=O)O)cc1.Cl. The highest BCUT2D eigenvalue weighted by Gasteiger charge is 2.14. The van der Waals surface area contributed by atoms with E-state index < -0.39 is 11.9 Å². The van der Waals surface area contributed by atoms with E-state index in [2.05, 4.69) is 11.9 Å². The number of aromatic carboxylic acids is 1. The lowest BCUT2D eigenvalue weighted by Crippen LogP contribution is -2.09. The van der Waals surface area contributed by atoms with Crippen molar-refractivity contribution in [3.63, 3.8) is 0 Å². The minimum atomic E-state index is -0.962. The number of rotatable bonds is 10. The fourth-order valence-corrected chi connectivity index (χ4v) is 3.89. The molecule has 31 heavy (non-hydrogen) atoms. The van der Waals surface area contributed by atoms with Gasteiger partial charge in [-0.2, -0.15) is 0 Å². The van der Waals surface area contributed by atoms with Gasteiger partial charge in [0.1, 0.15) is 5.82 Å². The average Bonchev–Trinajstić information content (AvgIpc) is 3.37. The monoisotopic (exact) mass is 460 g/mol. The molecule has 0 aliphatic carbocycles. The van der Waals surface area contributed by atoms with Crippen molar-refractivity contribution >= 4 is 41.8 Å². The largest absolute Gasteiger partial charge is 0.478 e. The summed E-state index contributed by atoms with van der Waals surface area (Å²) in [7, 11) is 0. The highest BCUT2D eigenvalue weighted by molar-refractivity contribution is 7.09. The van der Waals surface area contributed by atoms with Crippen LogP contribution in [0.4, 0.5) is 0 Å². The molecule has 3 aromatic rings. The average molecular weight is 461 g/mol. The number of carbonyl (C=O) groups is 2. The summed E-state index contributed by atoms with van der Waals surface area (Å²) in [5.74, 6) is -1.01. The summed E-state index contributed by atoms with van der Waals surface area (Å²) < 4.78 is 2.02. The smallest absolute Gasteiger partial charge is 0.335 e. The zero-order chi connectivity index (χ0) is 21.5. The van der Waals surface area contributed by atoms with Crippen molar-refractivity contribution in [2.75, 3.05) is 0 Å². The summed E-state index contributed by atoms with van der Waals surface area (Å²) in [5.41, 5.74) is 2.21. The zero-order valence-electron chi connectivity index (χ0n) is 17.2. The number of carboxylic acids is 2. The Labute approximate surface area is 191 Å². The van der Waals surface area contributed by atoms with Gasteiger partial charge in [0.15, 0.2) is 0 Å². The van der Waals surface area contributed by atoms with Gasteiger partial charge in [-0.1, -0.05) is 31.5 Å². The summed E-state index contributed by atoms with van der Waals surface area (Å²) >= 11 is 1.53. The number of aliphatic carboxylic acids is 1. The van der Waals surface area contributed by atoms with Gasteiger partial charge in [-0.05, 0) is 41.6 Å². The van der Waals surface area contributed by atoms with Gasteiger partial charge in [-0.3, -0.25) is 0 Å². The molecule has 0 spiro atoms. The second-order valence-electron chi connectivity index (χ2n) is 7.02. The van der Waals surface area contributed by atoms with Crippen molar-refractivity contribution in [1.29, 1.82) is 0 Å². The Balaban J connectivity index is 0.00000341. The van der Waals surface area contributed by atoms with Crippen LogP contribution in [-0.2, 0) is 24.2 Å². The van der Waals surface area contributed by atoms with Crippen molar-refractivity contribution in [3.05, 3.63) is 81.1 Å². The maximum absolute atomic E-state index is 11.8. The molecule has 2 heterocycles. The molecule has 2 aromatic heterocycles. The first kappa shape index (κ1) is 24.4. The van der Waals surface area contributed by atoms with Crippen molar-refractivity contribution in [2.45, 2.75) is 39.2 Å². The molecule has 0 aliphatic rings. The first-order valence-corrected chi connectivity index (χ1v) is 10.7. The molecule has 6 nitrogen and oxygen atoms in total. The second kappa shape index (κ2) is 11.5. The molecule has 0 fully saturated rings. The standard InChI is InChI=1S/C23H24N2O4S.ClH/c1-2-3-6-21-24-14-19(12-18(23(28)29)13-20-5-4-11-30-20)25(21)15-16-7-9-17(10-8-16)22(26)27;/h4-5,7-12,14H,2-3,6,13,15H2,1H3,(H,26,27)(H,28,29);1H/b18-12-;. The molecule has 0 unspecified atom stereocenters. The molecule has 0 saturated heterocycles. The highest BCUT2D eigenvalue weighted by Crippen LogP contribution is 2.20. The van der Waals surface area contributed by atoms with Gasteiger partial charge >= 0.3 is 11.9 Å². The number of aryl methyl sites for hydroxylation is 1. The first-order valence-electron chi connectivity index (χ1n) is 9.80. The van der Waals surface area contributed by atoms with Crippen LogP contribution in [0.15, 0.2) is 53.5 Å². The van der Waals surface area contributed by atoms with Crippen molar-refractivity contribution in [1.82, 2.24) is 9.55 Å². The molecule has 1 aromatic carbocycles. The van der Waals surface area contributed by atoms with Crippen LogP contribution < -0.4 is 0 Å². The lowest BCUT2D eigenvalue weighted by Gasteiger charge is -2.12. The van der Waals surface area contributed by atoms with Crippen LogP contribution in [0.5, 0.6) is 0 Å². The van der Waals surface area contributed by atoms with E-state index in [1.54, 1.807) is 36.5 Å². The normalized spacial score (nSPS) is 11.2. The summed E-state index contributed by atoms with van der Waals surface area (Å²) in [6, 6.07) is 10.6. The van der Waals surface area contributed by atoms with Crippen LogP contribution in [0.25, 0.3) is 6.08 Å². The number of unbranched alkanes of at least 4 members (excludes halogenated alkanes) is 1. The Bertz CT molecular complexity index is 1040. The number of benzene rings is 1. The van der Waals surface area contributed by atoms with Crippen molar-refractivity contribution in [3.8, 4) is 0 Å². The predicted molar refractivity (Wildman–Crippen MR) is 124 cm³/mol. The third kappa shape index (κ3) is 6.54. The molecule has 0 radical (unpaired) electrons. The zero-order valence-corrected chi connectivity index (χ0v) is 18.8. The minimum absolute atomic E-state index is 0.